The maximum atomic E-state index is 7.16. The average Bonchev–Trinajstić information content (AvgIpc) is 1.65. The molecule has 1 N–H and O–H groups in total. The van der Waals surface area contributed by atoms with E-state index in [-0.39, 0.29) is 6.04 Å². The Morgan fingerprint density at radius 2 is 2.00 bits per heavy atom. The monoisotopic (exact) mass is 98.1 g/mol. The van der Waals surface area contributed by atoms with E-state index >= 15 is 0 Å². The van der Waals surface area contributed by atoms with Gasteiger partial charge in [0.05, 0.1) is 0 Å². The van der Waals surface area contributed by atoms with Gasteiger partial charge in [0.15, 0.2) is 0 Å². The third-order valence-corrected chi connectivity index (χ3v) is 0.972. The summed E-state index contributed by atoms with van der Waals surface area (Å²) in [5.74, 6) is 0.414. The number of hydrogen-bond donors (Lipinski definition) is 0. The van der Waals surface area contributed by atoms with E-state index in [4.69, 9.17) is 5.73 Å². The minimum absolute atomic E-state index is 0.0833. The summed E-state index contributed by atoms with van der Waals surface area (Å²) in [5.41, 5.74) is 7.16. The Kier molecular flexibility index (Phi) is 2.68. The summed E-state index contributed by atoms with van der Waals surface area (Å²) in [6.07, 6.45) is 1.66. The highest BCUT2D eigenvalue weighted by Crippen LogP contribution is 1.98. The Bertz CT molecular complexity index is 57.2. The lowest BCUT2D eigenvalue weighted by Crippen LogP contribution is -2.12. The third-order valence-electron chi connectivity index (χ3n) is 0.972. The highest BCUT2D eigenvalue weighted by molar-refractivity contribution is 4.83. The van der Waals surface area contributed by atoms with Crippen molar-refractivity contribution in [2.75, 3.05) is 0 Å². The van der Waals surface area contributed by atoms with Crippen LogP contribution in [0.2, 0.25) is 0 Å². The van der Waals surface area contributed by atoms with E-state index in [1.165, 1.54) is 0 Å². The van der Waals surface area contributed by atoms with Gasteiger partial charge in [-0.1, -0.05) is 19.9 Å². The normalized spacial score (nSPS) is 14.3. The predicted octanol–water partition coefficient (Wildman–Crippen LogP) is 1.48. The zero-order chi connectivity index (χ0) is 5.86. The summed E-state index contributed by atoms with van der Waals surface area (Å²) in [6.45, 7) is 7.52. The lowest BCUT2D eigenvalue weighted by molar-refractivity contribution is 0.559. The highest BCUT2D eigenvalue weighted by atomic mass is 14.6. The highest BCUT2D eigenvalue weighted by Gasteiger charge is 1.99. The SMILES string of the molecule is C=CC([NH])C(C)C. The van der Waals surface area contributed by atoms with Gasteiger partial charge in [-0.25, -0.2) is 0 Å². The van der Waals surface area contributed by atoms with E-state index in [1.54, 1.807) is 6.08 Å². The maximum absolute atomic E-state index is 7.16. The third kappa shape index (κ3) is 2.40. The van der Waals surface area contributed by atoms with Gasteiger partial charge < -0.3 is 0 Å². The van der Waals surface area contributed by atoms with Gasteiger partial charge in [-0.3, -0.25) is 5.73 Å². The molecule has 7 heavy (non-hydrogen) atoms. The van der Waals surface area contributed by atoms with Crippen LogP contribution in [0, 0.1) is 5.92 Å². The standard InChI is InChI=1S/C6H12N/c1-4-6(7)5(2)3/h4-7H,1H2,2-3H3. The van der Waals surface area contributed by atoms with E-state index in [9.17, 15) is 0 Å². The van der Waals surface area contributed by atoms with Crippen LogP contribution in [0.1, 0.15) is 13.8 Å². The zero-order valence-corrected chi connectivity index (χ0v) is 4.94. The molecule has 0 rings (SSSR count). The Morgan fingerprint density at radius 1 is 1.57 bits per heavy atom. The first kappa shape index (κ1) is 6.70. The predicted molar refractivity (Wildman–Crippen MR) is 31.9 cm³/mol. The molecule has 0 saturated heterocycles. The fourth-order valence-electron chi connectivity index (χ4n) is 0.272. The van der Waals surface area contributed by atoms with Gasteiger partial charge in [-0.15, -0.1) is 6.58 Å². The molecule has 0 fully saturated rings. The molecule has 0 aliphatic rings. The van der Waals surface area contributed by atoms with Crippen LogP contribution in [-0.4, -0.2) is 6.04 Å². The molecule has 1 nitrogen and oxygen atoms in total. The smallest absolute Gasteiger partial charge is 0.0413 e. The van der Waals surface area contributed by atoms with Crippen molar-refractivity contribution in [3.63, 3.8) is 0 Å². The Labute approximate surface area is 45.2 Å². The van der Waals surface area contributed by atoms with Gasteiger partial charge in [0.2, 0.25) is 0 Å². The number of hydrogen-bond acceptors (Lipinski definition) is 0. The van der Waals surface area contributed by atoms with Gasteiger partial charge in [-0.2, -0.15) is 0 Å². The fraction of sp³-hybridized carbons (Fsp3) is 0.667. The van der Waals surface area contributed by atoms with Crippen LogP contribution in [0.3, 0.4) is 0 Å². The quantitative estimate of drug-likeness (QED) is 0.467. The molecule has 41 valence electrons. The van der Waals surface area contributed by atoms with E-state index in [1.807, 2.05) is 13.8 Å². The van der Waals surface area contributed by atoms with Crippen molar-refractivity contribution in [3.05, 3.63) is 12.7 Å². The molecule has 0 aromatic carbocycles. The first-order valence-electron chi connectivity index (χ1n) is 2.52. The molecule has 1 heteroatoms. The summed E-state index contributed by atoms with van der Waals surface area (Å²) in [4.78, 5) is 0. The summed E-state index contributed by atoms with van der Waals surface area (Å²) in [7, 11) is 0. The van der Waals surface area contributed by atoms with Crippen molar-refractivity contribution in [3.8, 4) is 0 Å². The number of rotatable bonds is 2. The van der Waals surface area contributed by atoms with Crippen molar-refractivity contribution in [2.24, 2.45) is 5.92 Å². The van der Waals surface area contributed by atoms with Crippen molar-refractivity contribution in [1.82, 2.24) is 5.73 Å². The van der Waals surface area contributed by atoms with Crippen LogP contribution in [0.4, 0.5) is 0 Å². The summed E-state index contributed by atoms with van der Waals surface area (Å²) < 4.78 is 0. The molecule has 1 atom stereocenters. The van der Waals surface area contributed by atoms with Crippen molar-refractivity contribution < 1.29 is 0 Å². The second kappa shape index (κ2) is 2.80. The second-order valence-corrected chi connectivity index (χ2v) is 2.01. The molecule has 0 amide bonds. The summed E-state index contributed by atoms with van der Waals surface area (Å²) in [6, 6.07) is -0.0833. The van der Waals surface area contributed by atoms with Crippen LogP contribution in [0.25, 0.3) is 0 Å². The van der Waals surface area contributed by atoms with Crippen LogP contribution in [-0.2, 0) is 0 Å². The second-order valence-electron chi connectivity index (χ2n) is 2.01. The first-order valence-corrected chi connectivity index (χ1v) is 2.52. The Morgan fingerprint density at radius 3 is 2.00 bits per heavy atom. The molecular formula is C6H12N. The molecule has 0 aliphatic heterocycles. The van der Waals surface area contributed by atoms with E-state index in [0.29, 0.717) is 5.92 Å². The lowest BCUT2D eigenvalue weighted by Gasteiger charge is -2.06. The van der Waals surface area contributed by atoms with Gasteiger partial charge in [0, 0.05) is 6.04 Å². The minimum Gasteiger partial charge on any atom is -0.250 e. The minimum atomic E-state index is -0.0833. The maximum Gasteiger partial charge on any atom is 0.0413 e. The molecule has 0 aromatic rings. The van der Waals surface area contributed by atoms with Crippen LogP contribution >= 0.6 is 0 Å². The molecular weight excluding hydrogens is 86.1 g/mol. The van der Waals surface area contributed by atoms with Crippen molar-refractivity contribution >= 4 is 0 Å². The molecule has 0 heterocycles. The van der Waals surface area contributed by atoms with E-state index in [0.717, 1.165) is 0 Å². The van der Waals surface area contributed by atoms with Gasteiger partial charge in [-0.05, 0) is 5.92 Å². The van der Waals surface area contributed by atoms with Gasteiger partial charge in [0.25, 0.3) is 0 Å². The average molecular weight is 98.2 g/mol. The molecule has 0 saturated carbocycles. The largest absolute Gasteiger partial charge is 0.250 e. The molecule has 1 radical (unpaired) electrons. The summed E-state index contributed by atoms with van der Waals surface area (Å²) >= 11 is 0. The van der Waals surface area contributed by atoms with Crippen LogP contribution in [0.15, 0.2) is 12.7 Å². The van der Waals surface area contributed by atoms with Crippen LogP contribution in [0.5, 0.6) is 0 Å². The zero-order valence-electron chi connectivity index (χ0n) is 4.94. The number of nitrogens with one attached hydrogen (secondary N) is 1. The lowest BCUT2D eigenvalue weighted by atomic mass is 10.1. The van der Waals surface area contributed by atoms with Gasteiger partial charge >= 0.3 is 0 Å². The molecule has 1 unspecified atom stereocenters. The molecule has 0 aliphatic carbocycles. The Hall–Kier alpha value is -0.300. The summed E-state index contributed by atoms with van der Waals surface area (Å²) in [5, 5.41) is 0. The molecule has 0 aromatic heterocycles. The van der Waals surface area contributed by atoms with Gasteiger partial charge in [0.1, 0.15) is 0 Å². The van der Waals surface area contributed by atoms with E-state index < -0.39 is 0 Å². The van der Waals surface area contributed by atoms with Crippen LogP contribution < -0.4 is 5.73 Å². The Balaban J connectivity index is 3.33. The first-order chi connectivity index (χ1) is 3.18. The van der Waals surface area contributed by atoms with Crippen molar-refractivity contribution in [1.29, 1.82) is 0 Å². The molecule has 0 bridgehead atoms. The topological polar surface area (TPSA) is 23.8 Å². The van der Waals surface area contributed by atoms with Crippen molar-refractivity contribution in [2.45, 2.75) is 19.9 Å². The van der Waals surface area contributed by atoms with E-state index in [2.05, 4.69) is 6.58 Å². The molecule has 0 spiro atoms. The fourth-order valence-corrected chi connectivity index (χ4v) is 0.272.